The number of fused-ring (bicyclic) bond motifs is 2. The molecule has 4 heteroatoms. The predicted octanol–water partition coefficient (Wildman–Crippen LogP) is 4.22. The molecule has 0 radical (unpaired) electrons. The number of amides is 1. The lowest BCUT2D eigenvalue weighted by Crippen LogP contribution is -2.41. The molecule has 1 aliphatic carbocycles. The zero-order valence-electron chi connectivity index (χ0n) is 16.4. The molecule has 2 aliphatic rings. The van der Waals surface area contributed by atoms with Crippen molar-refractivity contribution in [2.75, 3.05) is 13.1 Å². The molecule has 1 atom stereocenters. The van der Waals surface area contributed by atoms with Gasteiger partial charge in [0.15, 0.2) is 0 Å². The first kappa shape index (κ1) is 18.3. The summed E-state index contributed by atoms with van der Waals surface area (Å²) in [6.07, 6.45) is 7.65. The van der Waals surface area contributed by atoms with E-state index in [-0.39, 0.29) is 17.4 Å². The van der Waals surface area contributed by atoms with Crippen molar-refractivity contribution >= 4 is 5.91 Å². The maximum absolute atomic E-state index is 12.4. The van der Waals surface area contributed by atoms with Gasteiger partial charge in [0.1, 0.15) is 0 Å². The van der Waals surface area contributed by atoms with Crippen LogP contribution < -0.4 is 5.32 Å². The van der Waals surface area contributed by atoms with Gasteiger partial charge in [-0.1, -0.05) is 24.3 Å². The van der Waals surface area contributed by atoms with Crippen LogP contribution in [0.3, 0.4) is 0 Å². The molecule has 1 amide bonds. The number of carbonyl (C=O) groups excluding carboxylic acids is 1. The maximum atomic E-state index is 12.4. The smallest absolute Gasteiger partial charge is 0.220 e. The van der Waals surface area contributed by atoms with Crippen LogP contribution in [0.1, 0.15) is 62.1 Å². The molecule has 2 aromatic rings. The maximum Gasteiger partial charge on any atom is 0.220 e. The summed E-state index contributed by atoms with van der Waals surface area (Å²) in [4.78, 5) is 14.9. The molecule has 0 unspecified atom stereocenters. The summed E-state index contributed by atoms with van der Waals surface area (Å²) in [6.45, 7) is 7.22. The fourth-order valence-electron chi connectivity index (χ4n) is 5.07. The fourth-order valence-corrected chi connectivity index (χ4v) is 5.07. The van der Waals surface area contributed by atoms with E-state index >= 15 is 0 Å². The van der Waals surface area contributed by atoms with Gasteiger partial charge >= 0.3 is 0 Å². The van der Waals surface area contributed by atoms with E-state index in [1.165, 1.54) is 29.5 Å². The molecular weight excluding hydrogens is 336 g/mol. The van der Waals surface area contributed by atoms with E-state index in [9.17, 15) is 4.79 Å². The number of hydrogen-bond acceptors (Lipinski definition) is 3. The summed E-state index contributed by atoms with van der Waals surface area (Å²) in [6, 6.07) is 11.1. The second kappa shape index (κ2) is 7.51. The van der Waals surface area contributed by atoms with Gasteiger partial charge in [-0.2, -0.15) is 0 Å². The summed E-state index contributed by atoms with van der Waals surface area (Å²) in [5, 5.41) is 3.07. The Morgan fingerprint density at radius 3 is 2.74 bits per heavy atom. The molecule has 1 spiro atoms. The highest BCUT2D eigenvalue weighted by Crippen LogP contribution is 2.52. The van der Waals surface area contributed by atoms with Crippen molar-refractivity contribution in [3.63, 3.8) is 0 Å². The van der Waals surface area contributed by atoms with Crippen LogP contribution in [-0.2, 0) is 16.8 Å². The number of nitrogens with zero attached hydrogens (tertiary/aromatic N) is 1. The predicted molar refractivity (Wildman–Crippen MR) is 107 cm³/mol. The Morgan fingerprint density at radius 1 is 1.26 bits per heavy atom. The van der Waals surface area contributed by atoms with Crippen LogP contribution in [0.15, 0.2) is 47.3 Å². The van der Waals surface area contributed by atoms with Gasteiger partial charge in [0.2, 0.25) is 5.91 Å². The summed E-state index contributed by atoms with van der Waals surface area (Å²) >= 11 is 0. The minimum absolute atomic E-state index is 0.180. The van der Waals surface area contributed by atoms with E-state index in [4.69, 9.17) is 4.42 Å². The molecule has 0 saturated carbocycles. The number of rotatable bonds is 5. The molecular formula is C23H30N2O2. The lowest BCUT2D eigenvalue weighted by atomic mass is 9.73. The SMILES string of the molecule is CC(C)NC(=O)C[C@H]1CC2(CCN(Cc3ccoc3)CC2)c2ccccc21. The van der Waals surface area contributed by atoms with Crippen LogP contribution in [0.4, 0.5) is 0 Å². The number of carbonyl (C=O) groups is 1. The number of piperidine rings is 1. The zero-order valence-corrected chi connectivity index (χ0v) is 16.4. The average molecular weight is 367 g/mol. The van der Waals surface area contributed by atoms with Gasteiger partial charge in [-0.05, 0) is 74.7 Å². The lowest BCUT2D eigenvalue weighted by Gasteiger charge is -2.40. The van der Waals surface area contributed by atoms with Crippen molar-refractivity contribution in [3.8, 4) is 0 Å². The van der Waals surface area contributed by atoms with E-state index in [2.05, 4.69) is 40.5 Å². The molecule has 4 nitrogen and oxygen atoms in total. The minimum atomic E-state index is 0.180. The highest BCUT2D eigenvalue weighted by molar-refractivity contribution is 5.77. The Kier molecular flexibility index (Phi) is 5.09. The quantitative estimate of drug-likeness (QED) is 0.862. The van der Waals surface area contributed by atoms with Gasteiger partial charge < -0.3 is 9.73 Å². The van der Waals surface area contributed by atoms with E-state index in [1.54, 1.807) is 6.26 Å². The Morgan fingerprint density at radius 2 is 2.04 bits per heavy atom. The van der Waals surface area contributed by atoms with E-state index in [1.807, 2.05) is 20.1 Å². The summed E-state index contributed by atoms with van der Waals surface area (Å²) in [5.41, 5.74) is 4.39. The molecule has 0 bridgehead atoms. The summed E-state index contributed by atoms with van der Waals surface area (Å²) in [5.74, 6) is 0.527. The molecule has 1 aromatic heterocycles. The van der Waals surface area contributed by atoms with Crippen molar-refractivity contribution in [1.82, 2.24) is 10.2 Å². The standard InChI is InChI=1S/C23H30N2O2/c1-17(2)24-22(26)13-19-14-23(21-6-4-3-5-20(19)21)8-10-25(11-9-23)15-18-7-12-27-16-18/h3-7,12,16-17,19H,8-11,13-15H2,1-2H3,(H,24,26)/t19-/m0/s1. The van der Waals surface area contributed by atoms with Crippen molar-refractivity contribution in [2.24, 2.45) is 0 Å². The van der Waals surface area contributed by atoms with E-state index < -0.39 is 0 Å². The first-order chi connectivity index (χ1) is 13.1. The van der Waals surface area contributed by atoms with Crippen molar-refractivity contribution < 1.29 is 9.21 Å². The first-order valence-electron chi connectivity index (χ1n) is 10.2. The van der Waals surface area contributed by atoms with Crippen molar-refractivity contribution in [3.05, 3.63) is 59.5 Å². The highest BCUT2D eigenvalue weighted by Gasteiger charge is 2.45. The number of nitrogens with one attached hydrogen (secondary N) is 1. The average Bonchev–Trinajstić information content (AvgIpc) is 3.24. The molecule has 1 fully saturated rings. The minimum Gasteiger partial charge on any atom is -0.472 e. The number of hydrogen-bond donors (Lipinski definition) is 1. The number of likely N-dealkylation sites (tertiary alicyclic amines) is 1. The van der Waals surface area contributed by atoms with Crippen molar-refractivity contribution in [1.29, 1.82) is 0 Å². The Hall–Kier alpha value is -2.07. The van der Waals surface area contributed by atoms with Crippen LogP contribution in [0.5, 0.6) is 0 Å². The van der Waals surface area contributed by atoms with Gasteiger partial charge in [-0.3, -0.25) is 9.69 Å². The monoisotopic (exact) mass is 366 g/mol. The van der Waals surface area contributed by atoms with E-state index in [0.717, 1.165) is 26.1 Å². The third-order valence-electron chi connectivity index (χ3n) is 6.29. The van der Waals surface area contributed by atoms with Gasteiger partial charge in [-0.15, -0.1) is 0 Å². The Labute approximate surface area is 161 Å². The van der Waals surface area contributed by atoms with Crippen LogP contribution in [0, 0.1) is 0 Å². The second-order valence-electron chi connectivity index (χ2n) is 8.60. The number of furan rings is 1. The van der Waals surface area contributed by atoms with Gasteiger partial charge in [0.25, 0.3) is 0 Å². The molecule has 144 valence electrons. The molecule has 2 heterocycles. The normalized spacial score (nSPS) is 21.5. The first-order valence-corrected chi connectivity index (χ1v) is 10.2. The van der Waals surface area contributed by atoms with Gasteiger partial charge in [0.05, 0.1) is 12.5 Å². The van der Waals surface area contributed by atoms with Crippen LogP contribution >= 0.6 is 0 Å². The van der Waals surface area contributed by atoms with Crippen molar-refractivity contribution in [2.45, 2.75) is 63.5 Å². The third-order valence-corrected chi connectivity index (χ3v) is 6.29. The third kappa shape index (κ3) is 3.81. The molecule has 27 heavy (non-hydrogen) atoms. The lowest BCUT2D eigenvalue weighted by molar-refractivity contribution is -0.122. The summed E-state index contributed by atoms with van der Waals surface area (Å²) in [7, 11) is 0. The molecule has 4 rings (SSSR count). The van der Waals surface area contributed by atoms with E-state index in [0.29, 0.717) is 12.3 Å². The fraction of sp³-hybridized carbons (Fsp3) is 0.522. The van der Waals surface area contributed by atoms with Gasteiger partial charge in [-0.25, -0.2) is 0 Å². The topological polar surface area (TPSA) is 45.5 Å². The van der Waals surface area contributed by atoms with Gasteiger partial charge in [0, 0.05) is 24.6 Å². The second-order valence-corrected chi connectivity index (χ2v) is 8.60. The Balaban J connectivity index is 1.46. The summed E-state index contributed by atoms with van der Waals surface area (Å²) < 4.78 is 5.21. The Bertz CT molecular complexity index is 773. The molecule has 1 aromatic carbocycles. The largest absolute Gasteiger partial charge is 0.472 e. The van der Waals surface area contributed by atoms with Crippen LogP contribution in [0.25, 0.3) is 0 Å². The van der Waals surface area contributed by atoms with Crippen LogP contribution in [-0.4, -0.2) is 29.9 Å². The van der Waals surface area contributed by atoms with Crippen LogP contribution in [0.2, 0.25) is 0 Å². The zero-order chi connectivity index (χ0) is 18.9. The number of benzene rings is 1. The highest BCUT2D eigenvalue weighted by atomic mass is 16.3. The molecule has 1 saturated heterocycles. The molecule has 1 aliphatic heterocycles. The molecule has 1 N–H and O–H groups in total.